The molecule has 1 heterocycles. The molecule has 0 N–H and O–H groups in total. The highest BCUT2D eigenvalue weighted by atomic mass is 14.8. The van der Waals surface area contributed by atoms with Crippen molar-refractivity contribution in [1.82, 2.24) is 0 Å². The van der Waals surface area contributed by atoms with Crippen molar-refractivity contribution in [3.05, 3.63) is 177 Å². The summed E-state index contributed by atoms with van der Waals surface area (Å²) in [5.41, 5.74) is 11.1. The maximum atomic E-state index is 4.79. The predicted molar refractivity (Wildman–Crippen MR) is 188 cm³/mol. The van der Waals surface area contributed by atoms with E-state index in [2.05, 4.69) is 147 Å². The Kier molecular flexibility index (Phi) is 7.95. The number of aryl methyl sites for hydroxylation is 1. The summed E-state index contributed by atoms with van der Waals surface area (Å²) in [4.78, 5) is 4.79. The first-order valence-electron chi connectivity index (χ1n) is 16.0. The molecule has 0 radical (unpaired) electrons. The van der Waals surface area contributed by atoms with Crippen molar-refractivity contribution < 1.29 is 0 Å². The fourth-order valence-electron chi connectivity index (χ4n) is 7.16. The molecule has 4 aromatic rings. The minimum atomic E-state index is 0.203. The van der Waals surface area contributed by atoms with Gasteiger partial charge in [-0.05, 0) is 104 Å². The zero-order chi connectivity index (χ0) is 29.9. The average molecular weight is 570 g/mol. The maximum absolute atomic E-state index is 4.79. The molecular weight excluding hydrogens is 530 g/mol. The van der Waals surface area contributed by atoms with Crippen LogP contribution in [0.2, 0.25) is 0 Å². The van der Waals surface area contributed by atoms with Crippen molar-refractivity contribution in [3.8, 4) is 0 Å². The molecule has 216 valence electrons. The normalized spacial score (nSPS) is 24.1. The number of fused-ring (bicyclic) bond motifs is 2. The largest absolute Gasteiger partial charge is 0.285 e. The lowest BCUT2D eigenvalue weighted by Crippen LogP contribution is -2.31. The molecule has 7 rings (SSSR count). The molecule has 1 aliphatic heterocycles. The minimum absolute atomic E-state index is 0.203. The van der Waals surface area contributed by atoms with Crippen molar-refractivity contribution in [2.24, 2.45) is 10.9 Å². The van der Waals surface area contributed by atoms with Gasteiger partial charge in [-0.25, -0.2) is 0 Å². The zero-order valence-electron chi connectivity index (χ0n) is 25.7. The molecule has 0 amide bonds. The second-order valence-corrected chi connectivity index (χ2v) is 12.2. The minimum Gasteiger partial charge on any atom is -0.285 e. The summed E-state index contributed by atoms with van der Waals surface area (Å²) in [5.74, 6) is 0.260. The number of allylic oxidation sites excluding steroid dienone is 9. The van der Waals surface area contributed by atoms with E-state index in [0.717, 1.165) is 25.7 Å². The summed E-state index contributed by atoms with van der Waals surface area (Å²) < 4.78 is 0. The second-order valence-electron chi connectivity index (χ2n) is 12.2. The Morgan fingerprint density at radius 1 is 0.659 bits per heavy atom. The number of hydrogen-bond acceptors (Lipinski definition) is 1. The number of nitrogens with zero attached hydrogens (tertiary/aromatic N) is 1. The van der Waals surface area contributed by atoms with Crippen molar-refractivity contribution >= 4 is 28.1 Å². The van der Waals surface area contributed by atoms with Crippen molar-refractivity contribution in [1.29, 1.82) is 0 Å². The van der Waals surface area contributed by atoms with Crippen LogP contribution in [-0.4, -0.2) is 6.21 Å². The molecule has 0 saturated heterocycles. The van der Waals surface area contributed by atoms with Crippen molar-refractivity contribution in [2.75, 3.05) is 0 Å². The van der Waals surface area contributed by atoms with Gasteiger partial charge in [-0.15, -0.1) is 0 Å². The second kappa shape index (κ2) is 12.5. The predicted octanol–water partition coefficient (Wildman–Crippen LogP) is 9.44. The summed E-state index contributed by atoms with van der Waals surface area (Å²) in [6.07, 6.45) is 22.1. The fraction of sp³-hybridized carbons (Fsp3) is 0.186. The molecular formula is C43H39N. The van der Waals surface area contributed by atoms with E-state index >= 15 is 0 Å². The quantitative estimate of drug-likeness (QED) is 0.232. The SMILES string of the molecule is Cc1cccc2c(/C3=c4\cccc\c4=C(/C4=CC=C(C5=CC=NC(c6ccccc6)C5)CC4)C/C=C\C=C/C3C)cccc12. The lowest BCUT2D eigenvalue weighted by atomic mass is 9.83. The van der Waals surface area contributed by atoms with Crippen LogP contribution in [0.5, 0.6) is 0 Å². The average Bonchev–Trinajstić information content (AvgIpc) is 3.08. The van der Waals surface area contributed by atoms with Gasteiger partial charge in [0.1, 0.15) is 0 Å². The molecule has 44 heavy (non-hydrogen) atoms. The maximum Gasteiger partial charge on any atom is 0.0789 e. The fourth-order valence-corrected chi connectivity index (χ4v) is 7.16. The van der Waals surface area contributed by atoms with E-state index < -0.39 is 0 Å². The summed E-state index contributed by atoms with van der Waals surface area (Å²) >= 11 is 0. The third kappa shape index (κ3) is 5.51. The van der Waals surface area contributed by atoms with Crippen LogP contribution in [0.4, 0.5) is 0 Å². The summed E-state index contributed by atoms with van der Waals surface area (Å²) in [7, 11) is 0. The van der Waals surface area contributed by atoms with E-state index in [4.69, 9.17) is 4.99 Å². The molecule has 2 atom stereocenters. The van der Waals surface area contributed by atoms with Crippen LogP contribution in [0.15, 0.2) is 155 Å². The molecule has 0 saturated carbocycles. The molecule has 0 fully saturated rings. The number of rotatable bonds is 4. The molecule has 1 nitrogen and oxygen atoms in total. The van der Waals surface area contributed by atoms with Gasteiger partial charge in [0, 0.05) is 12.1 Å². The number of benzene rings is 4. The first kappa shape index (κ1) is 28.0. The highest BCUT2D eigenvalue weighted by Gasteiger charge is 2.20. The number of hydrogen-bond donors (Lipinski definition) is 0. The Labute approximate surface area is 261 Å². The molecule has 2 aliphatic carbocycles. The highest BCUT2D eigenvalue weighted by molar-refractivity contribution is 5.96. The van der Waals surface area contributed by atoms with E-state index in [1.165, 1.54) is 65.8 Å². The van der Waals surface area contributed by atoms with Gasteiger partial charge in [0.15, 0.2) is 0 Å². The van der Waals surface area contributed by atoms with Gasteiger partial charge < -0.3 is 0 Å². The molecule has 1 heteroatoms. The molecule has 0 bridgehead atoms. The van der Waals surface area contributed by atoms with E-state index in [1.54, 1.807) is 0 Å². The van der Waals surface area contributed by atoms with Gasteiger partial charge in [-0.1, -0.05) is 134 Å². The van der Waals surface area contributed by atoms with Crippen LogP contribution in [-0.2, 0) is 0 Å². The first-order valence-corrected chi connectivity index (χ1v) is 16.0. The smallest absolute Gasteiger partial charge is 0.0789 e. The van der Waals surface area contributed by atoms with Crippen LogP contribution in [0.3, 0.4) is 0 Å². The summed E-state index contributed by atoms with van der Waals surface area (Å²) in [6.45, 7) is 4.55. The topological polar surface area (TPSA) is 12.4 Å². The van der Waals surface area contributed by atoms with Crippen molar-refractivity contribution in [2.45, 2.75) is 45.6 Å². The monoisotopic (exact) mass is 569 g/mol. The molecule has 4 aromatic carbocycles. The molecule has 0 spiro atoms. The Morgan fingerprint density at radius 3 is 2.25 bits per heavy atom. The van der Waals surface area contributed by atoms with Crippen LogP contribution in [0.25, 0.3) is 21.9 Å². The van der Waals surface area contributed by atoms with Gasteiger partial charge in [0.2, 0.25) is 0 Å². The highest BCUT2D eigenvalue weighted by Crippen LogP contribution is 2.36. The number of aliphatic imine (C=N–C) groups is 1. The van der Waals surface area contributed by atoms with Crippen molar-refractivity contribution in [3.63, 3.8) is 0 Å². The Morgan fingerprint density at radius 2 is 1.41 bits per heavy atom. The number of dihydropyridines is 1. The zero-order valence-corrected chi connectivity index (χ0v) is 25.7. The standard InChI is InChI=1S/C43H39N/c1-30-14-11-21-38-36(30)20-12-22-41(38)43-31(2)13-5-3-8-17-37(39-18-9-10-19-40(39)43)33-25-23-32(24-26-33)35-27-28-44-42(29-35)34-15-6-4-7-16-34/h3-16,18-23,25,27-28,31,42H,17,24,26,29H2,1-2H3/b8-3-,13-5-,39-37+,43-40+. The Balaban J connectivity index is 1.36. The van der Waals surface area contributed by atoms with E-state index in [-0.39, 0.29) is 12.0 Å². The first-order chi connectivity index (χ1) is 21.7. The Hall–Kier alpha value is -4.75. The third-order valence-electron chi connectivity index (χ3n) is 9.49. The van der Waals surface area contributed by atoms with Gasteiger partial charge in [0.25, 0.3) is 0 Å². The van der Waals surface area contributed by atoms with Gasteiger partial charge >= 0.3 is 0 Å². The van der Waals surface area contributed by atoms with Crippen LogP contribution < -0.4 is 10.4 Å². The van der Waals surface area contributed by atoms with Gasteiger partial charge in [-0.2, -0.15) is 0 Å². The molecule has 2 unspecified atom stereocenters. The van der Waals surface area contributed by atoms with Gasteiger partial charge in [0.05, 0.1) is 6.04 Å². The van der Waals surface area contributed by atoms with Crippen LogP contribution in [0, 0.1) is 12.8 Å². The van der Waals surface area contributed by atoms with E-state index in [0.29, 0.717) is 0 Å². The van der Waals surface area contributed by atoms with E-state index in [1.807, 2.05) is 6.21 Å². The summed E-state index contributed by atoms with van der Waals surface area (Å²) in [5, 5.41) is 5.36. The van der Waals surface area contributed by atoms with Crippen LogP contribution >= 0.6 is 0 Å². The molecule has 3 aliphatic rings. The summed E-state index contributed by atoms with van der Waals surface area (Å²) in [6, 6.07) is 33.5. The van der Waals surface area contributed by atoms with Crippen LogP contribution in [0.1, 0.15) is 55.3 Å². The lowest BCUT2D eigenvalue weighted by molar-refractivity contribution is 0.709. The molecule has 0 aromatic heterocycles. The van der Waals surface area contributed by atoms with Gasteiger partial charge in [-0.3, -0.25) is 4.99 Å². The third-order valence-corrected chi connectivity index (χ3v) is 9.49. The van der Waals surface area contributed by atoms with E-state index in [9.17, 15) is 0 Å². The lowest BCUT2D eigenvalue weighted by Gasteiger charge is -2.24. The Bertz CT molecular complexity index is 2030.